The van der Waals surface area contributed by atoms with Gasteiger partial charge in [-0.3, -0.25) is 24.0 Å². The molecule has 4 aromatic rings. The normalized spacial score (nSPS) is 13.7. The van der Waals surface area contributed by atoms with Crippen molar-refractivity contribution in [3.05, 3.63) is 54.7 Å². The molecule has 2 N–H and O–H groups in total. The monoisotopic (exact) mass is 552 g/mol. The van der Waals surface area contributed by atoms with E-state index in [-0.39, 0.29) is 36.5 Å². The summed E-state index contributed by atoms with van der Waals surface area (Å²) in [6.07, 6.45) is 6.26. The average molecular weight is 553 g/mol. The number of carbonyl (C=O) groups excluding carboxylic acids is 2. The zero-order valence-electron chi connectivity index (χ0n) is 21.0. The van der Waals surface area contributed by atoms with Gasteiger partial charge in [0.15, 0.2) is 11.6 Å². The van der Waals surface area contributed by atoms with Gasteiger partial charge in [0.2, 0.25) is 5.91 Å². The van der Waals surface area contributed by atoms with Crippen LogP contribution in [-0.2, 0) is 25.7 Å². The lowest BCUT2D eigenvalue weighted by molar-refractivity contribution is -0.148. The van der Waals surface area contributed by atoms with Gasteiger partial charge in [0, 0.05) is 46.1 Å². The maximum absolute atomic E-state index is 14.8. The van der Waals surface area contributed by atoms with Crippen molar-refractivity contribution in [3.8, 4) is 21.9 Å². The van der Waals surface area contributed by atoms with Crippen LogP contribution in [0.3, 0.4) is 0 Å². The van der Waals surface area contributed by atoms with Crippen molar-refractivity contribution in [2.45, 2.75) is 39.2 Å². The number of ether oxygens (including phenoxy) is 2. The molecule has 1 aromatic carbocycles. The molecule has 12 heteroatoms. The Hall–Kier alpha value is -4.32. The highest BCUT2D eigenvalue weighted by Gasteiger charge is 2.44. The number of nitrogens with zero attached hydrogens (tertiary/aromatic N) is 3. The number of esters is 1. The highest BCUT2D eigenvalue weighted by Crippen LogP contribution is 2.46. The third kappa shape index (κ3) is 6.23. The molecule has 1 aliphatic rings. The predicted octanol–water partition coefficient (Wildman–Crippen LogP) is 5.24. The molecule has 5 rings (SSSR count). The zero-order valence-corrected chi connectivity index (χ0v) is 21.8. The zero-order chi connectivity index (χ0) is 27.6. The number of carbonyl (C=O) groups is 3. The van der Waals surface area contributed by atoms with E-state index in [9.17, 15) is 18.8 Å². The number of carboxylic acids is 1. The van der Waals surface area contributed by atoms with Crippen LogP contribution in [0.15, 0.2) is 48.9 Å². The van der Waals surface area contributed by atoms with Gasteiger partial charge in [-0.1, -0.05) is 6.92 Å². The molecule has 1 saturated carbocycles. The summed E-state index contributed by atoms with van der Waals surface area (Å²) in [5, 5.41) is 15.7. The van der Waals surface area contributed by atoms with Gasteiger partial charge in [-0.05, 0) is 31.0 Å². The summed E-state index contributed by atoms with van der Waals surface area (Å²) in [5.74, 6) is -1.87. The lowest BCUT2D eigenvalue weighted by Crippen LogP contribution is -2.21. The van der Waals surface area contributed by atoms with Crippen molar-refractivity contribution >= 4 is 45.1 Å². The third-order valence-electron chi connectivity index (χ3n) is 6.38. The number of fused-ring (bicyclic) bond motifs is 1. The molecule has 0 radical (unpaired) electrons. The van der Waals surface area contributed by atoms with Crippen LogP contribution in [0.25, 0.3) is 20.7 Å². The number of nitrogens with one attached hydrogen (secondary N) is 1. The second kappa shape index (κ2) is 10.8. The van der Waals surface area contributed by atoms with Crippen molar-refractivity contribution in [2.24, 2.45) is 5.41 Å². The summed E-state index contributed by atoms with van der Waals surface area (Å²) in [7, 11) is 0. The summed E-state index contributed by atoms with van der Waals surface area (Å²) in [6, 6.07) is 7.88. The minimum atomic E-state index is -1.05. The maximum atomic E-state index is 14.8. The van der Waals surface area contributed by atoms with E-state index in [1.165, 1.54) is 23.5 Å². The molecule has 0 bridgehead atoms. The third-order valence-corrected chi connectivity index (χ3v) is 7.57. The molecule has 3 heterocycles. The summed E-state index contributed by atoms with van der Waals surface area (Å²) < 4.78 is 28.1. The van der Waals surface area contributed by atoms with Gasteiger partial charge in [-0.2, -0.15) is 5.10 Å². The fourth-order valence-corrected chi connectivity index (χ4v) is 4.80. The van der Waals surface area contributed by atoms with Crippen LogP contribution in [0.1, 0.15) is 32.6 Å². The van der Waals surface area contributed by atoms with Gasteiger partial charge in [0.25, 0.3) is 0 Å². The number of carboxylic acid groups (broad SMARTS) is 1. The first-order valence-corrected chi connectivity index (χ1v) is 13.1. The Morgan fingerprint density at radius 2 is 2.00 bits per heavy atom. The molecule has 0 atom stereocenters. The van der Waals surface area contributed by atoms with Crippen molar-refractivity contribution in [1.29, 1.82) is 0 Å². The number of rotatable bonds is 11. The van der Waals surface area contributed by atoms with E-state index in [1.54, 1.807) is 35.4 Å². The minimum Gasteiger partial charge on any atom is -0.481 e. The van der Waals surface area contributed by atoms with E-state index in [0.717, 1.165) is 28.0 Å². The van der Waals surface area contributed by atoms with E-state index in [4.69, 9.17) is 14.6 Å². The van der Waals surface area contributed by atoms with Crippen molar-refractivity contribution in [2.75, 3.05) is 11.9 Å². The molecular formula is C27H25FN4O6S. The Morgan fingerprint density at radius 1 is 1.18 bits per heavy atom. The number of halogens is 1. The second-order valence-corrected chi connectivity index (χ2v) is 10.6. The first kappa shape index (κ1) is 26.3. The minimum absolute atomic E-state index is 0.0267. The number of hydrogen-bond donors (Lipinski definition) is 2. The van der Waals surface area contributed by atoms with Crippen LogP contribution in [-0.4, -0.2) is 44.3 Å². The van der Waals surface area contributed by atoms with E-state index in [1.807, 2.05) is 13.0 Å². The largest absolute Gasteiger partial charge is 0.481 e. The Bertz CT molecular complexity index is 1560. The maximum Gasteiger partial charge on any atom is 0.306 e. The lowest BCUT2D eigenvalue weighted by Gasteiger charge is -2.12. The molecular weight excluding hydrogens is 527 g/mol. The first-order chi connectivity index (χ1) is 18.7. The van der Waals surface area contributed by atoms with Crippen LogP contribution < -0.4 is 10.1 Å². The van der Waals surface area contributed by atoms with Crippen LogP contribution in [0.5, 0.6) is 11.5 Å². The Balaban J connectivity index is 1.25. The number of aromatic nitrogens is 3. The number of thiophene rings is 1. The number of pyridine rings is 1. The summed E-state index contributed by atoms with van der Waals surface area (Å²) in [4.78, 5) is 39.6. The molecule has 0 aliphatic heterocycles. The molecule has 1 aliphatic carbocycles. The van der Waals surface area contributed by atoms with E-state index in [2.05, 4.69) is 15.4 Å². The quantitative estimate of drug-likeness (QED) is 0.242. The summed E-state index contributed by atoms with van der Waals surface area (Å²) in [6.45, 7) is 2.26. The lowest BCUT2D eigenvalue weighted by atomic mass is 10.1. The summed E-state index contributed by atoms with van der Waals surface area (Å²) >= 11 is 1.41. The molecule has 0 unspecified atom stereocenters. The van der Waals surface area contributed by atoms with Gasteiger partial charge >= 0.3 is 11.9 Å². The average Bonchev–Trinajstić information content (AvgIpc) is 3.28. The molecule has 1 fully saturated rings. The molecule has 1 amide bonds. The van der Waals surface area contributed by atoms with Crippen molar-refractivity contribution in [3.63, 3.8) is 0 Å². The van der Waals surface area contributed by atoms with Gasteiger partial charge in [-0.15, -0.1) is 11.3 Å². The molecule has 202 valence electrons. The van der Waals surface area contributed by atoms with E-state index < -0.39 is 17.8 Å². The number of amides is 1. The van der Waals surface area contributed by atoms with E-state index >= 15 is 0 Å². The number of aliphatic carboxylic acids is 1. The fourth-order valence-electron chi connectivity index (χ4n) is 3.76. The number of benzene rings is 1. The molecule has 3 aromatic heterocycles. The van der Waals surface area contributed by atoms with Crippen LogP contribution >= 0.6 is 11.3 Å². The molecule has 10 nitrogen and oxygen atoms in total. The SMILES string of the molecule is CC1(C(=O)Nc2ccc(Oc3ccnc4cc(-c5cnn(CCOC(=O)CCC(=O)O)c5)sc34)c(F)c2)CC1. The standard InChI is InChI=1S/C27H25FN4O6S/c1-27(7-8-27)26(36)31-17-2-3-20(18(28)12-17)38-21-6-9-29-19-13-22(39-25(19)21)16-14-30-32(15-16)10-11-37-24(35)5-4-23(33)34/h2-3,6,9,12-15H,4-5,7-8,10-11H2,1H3,(H,31,36)(H,33,34). The predicted molar refractivity (Wildman–Crippen MR) is 141 cm³/mol. The highest BCUT2D eigenvalue weighted by atomic mass is 32.1. The van der Waals surface area contributed by atoms with Gasteiger partial charge in [-0.25, -0.2) is 4.39 Å². The summed E-state index contributed by atoms with van der Waals surface area (Å²) in [5.41, 5.74) is 1.51. The Morgan fingerprint density at radius 3 is 2.74 bits per heavy atom. The van der Waals surface area contributed by atoms with Gasteiger partial charge in [0.05, 0.1) is 35.8 Å². The van der Waals surface area contributed by atoms with Gasteiger partial charge < -0.3 is 19.9 Å². The van der Waals surface area contributed by atoms with Crippen molar-refractivity contribution < 1.29 is 33.4 Å². The van der Waals surface area contributed by atoms with Crippen LogP contribution in [0.4, 0.5) is 10.1 Å². The number of anilines is 1. The van der Waals surface area contributed by atoms with Crippen LogP contribution in [0, 0.1) is 11.2 Å². The van der Waals surface area contributed by atoms with Crippen LogP contribution in [0.2, 0.25) is 0 Å². The highest BCUT2D eigenvalue weighted by molar-refractivity contribution is 7.22. The topological polar surface area (TPSA) is 133 Å². The van der Waals surface area contributed by atoms with Gasteiger partial charge in [0.1, 0.15) is 12.4 Å². The first-order valence-electron chi connectivity index (χ1n) is 12.3. The van der Waals surface area contributed by atoms with Crippen molar-refractivity contribution in [1.82, 2.24) is 14.8 Å². The fraction of sp³-hybridized carbons (Fsp3) is 0.296. The van der Waals surface area contributed by atoms with E-state index in [0.29, 0.717) is 23.5 Å². The Labute approximate surface area is 226 Å². The smallest absolute Gasteiger partial charge is 0.306 e. The Kier molecular flexibility index (Phi) is 7.29. The molecule has 0 spiro atoms. The second-order valence-electron chi connectivity index (χ2n) is 9.50. The number of hydrogen-bond acceptors (Lipinski definition) is 8. The molecule has 39 heavy (non-hydrogen) atoms. The molecule has 0 saturated heterocycles.